The summed E-state index contributed by atoms with van der Waals surface area (Å²) in [6.45, 7) is 7.06. The molecule has 0 bridgehead atoms. The molecule has 0 spiro atoms. The number of esters is 2. The van der Waals surface area contributed by atoms with Crippen LogP contribution in [0.1, 0.15) is 29.8 Å². The molecule has 0 aliphatic carbocycles. The van der Waals surface area contributed by atoms with Gasteiger partial charge in [-0.05, 0) is 72.1 Å². The second-order valence-electron chi connectivity index (χ2n) is 6.43. The molecule has 0 radical (unpaired) electrons. The van der Waals surface area contributed by atoms with E-state index < -0.39 is 11.9 Å². The largest absolute Gasteiger partial charge is 0.508 e. The number of hydrogen-bond acceptors (Lipinski definition) is 5. The molecule has 0 aromatic heterocycles. The number of aromatic hydroxyl groups is 1. The minimum absolute atomic E-state index is 0.130. The van der Waals surface area contributed by atoms with Crippen molar-refractivity contribution in [2.75, 3.05) is 0 Å². The summed E-state index contributed by atoms with van der Waals surface area (Å²) < 4.78 is 10.7. The van der Waals surface area contributed by atoms with Gasteiger partial charge in [-0.15, -0.1) is 0 Å². The lowest BCUT2D eigenvalue weighted by atomic mass is 10.1. The lowest BCUT2D eigenvalue weighted by Crippen LogP contribution is -2.10. The molecular weight excluding hydrogens is 356 g/mol. The highest BCUT2D eigenvalue weighted by molar-refractivity contribution is 5.97. The molecule has 0 amide bonds. The van der Waals surface area contributed by atoms with Crippen molar-refractivity contribution in [2.24, 2.45) is 0 Å². The Morgan fingerprint density at radius 1 is 0.964 bits per heavy atom. The van der Waals surface area contributed by atoms with Gasteiger partial charge in [0.1, 0.15) is 17.2 Å². The predicted octanol–water partition coefficient (Wildman–Crippen LogP) is 4.81. The van der Waals surface area contributed by atoms with Crippen molar-refractivity contribution in [1.82, 2.24) is 0 Å². The van der Waals surface area contributed by atoms with E-state index in [1.165, 1.54) is 6.07 Å². The van der Waals surface area contributed by atoms with Crippen molar-refractivity contribution in [2.45, 2.75) is 20.3 Å². The molecule has 3 aromatic carbocycles. The number of carbonyl (C=O) groups is 2. The number of ether oxygens (including phenoxy) is 2. The summed E-state index contributed by atoms with van der Waals surface area (Å²) >= 11 is 0. The van der Waals surface area contributed by atoms with Crippen LogP contribution in [0.15, 0.2) is 66.7 Å². The Hall–Kier alpha value is -3.60. The van der Waals surface area contributed by atoms with Crippen LogP contribution in [0.5, 0.6) is 17.2 Å². The minimum atomic E-state index is -0.486. The van der Waals surface area contributed by atoms with Gasteiger partial charge >= 0.3 is 11.9 Å². The summed E-state index contributed by atoms with van der Waals surface area (Å²) in [6.07, 6.45) is 0.625. The lowest BCUT2D eigenvalue weighted by molar-refractivity contribution is -0.130. The summed E-state index contributed by atoms with van der Waals surface area (Å²) in [4.78, 5) is 24.2. The van der Waals surface area contributed by atoms with Crippen molar-refractivity contribution < 1.29 is 24.2 Å². The van der Waals surface area contributed by atoms with E-state index in [0.29, 0.717) is 29.1 Å². The highest BCUT2D eigenvalue weighted by Crippen LogP contribution is 2.26. The fraction of sp³-hybridized carbons (Fsp3) is 0.130. The van der Waals surface area contributed by atoms with Crippen molar-refractivity contribution >= 4 is 22.7 Å². The third-order valence-corrected chi connectivity index (χ3v) is 4.23. The van der Waals surface area contributed by atoms with Gasteiger partial charge in [0, 0.05) is 5.57 Å². The van der Waals surface area contributed by atoms with Gasteiger partial charge in [0.15, 0.2) is 0 Å². The summed E-state index contributed by atoms with van der Waals surface area (Å²) in [5.74, 6) is -0.00860. The molecule has 142 valence electrons. The average molecular weight is 376 g/mol. The number of phenolic OH excluding ortho intramolecular Hbond substituents is 1. The fourth-order valence-corrected chi connectivity index (χ4v) is 2.71. The summed E-state index contributed by atoms with van der Waals surface area (Å²) in [7, 11) is 0. The van der Waals surface area contributed by atoms with Gasteiger partial charge in [0.05, 0.1) is 5.56 Å². The van der Waals surface area contributed by atoms with Crippen molar-refractivity contribution in [1.29, 1.82) is 0 Å². The van der Waals surface area contributed by atoms with E-state index in [1.807, 2.05) is 6.92 Å². The maximum absolute atomic E-state index is 12.5. The lowest BCUT2D eigenvalue weighted by Gasteiger charge is -2.10. The maximum atomic E-state index is 12.5. The second kappa shape index (κ2) is 7.96. The quantitative estimate of drug-likeness (QED) is 0.393. The Bertz CT molecular complexity index is 1080. The van der Waals surface area contributed by atoms with E-state index in [0.717, 1.165) is 16.3 Å². The molecular formula is C23H20O5. The van der Waals surface area contributed by atoms with E-state index in [-0.39, 0.29) is 5.75 Å². The molecule has 0 atom stereocenters. The highest BCUT2D eigenvalue weighted by atomic mass is 16.5. The number of carbonyl (C=O) groups excluding carboxylic acids is 2. The van der Waals surface area contributed by atoms with E-state index in [2.05, 4.69) is 6.58 Å². The SMILES string of the molecule is C=C(C)C(=O)Oc1ccc2cc(C(=O)Oc3ccc(O)cc3CC)ccc2c1. The fourth-order valence-electron chi connectivity index (χ4n) is 2.71. The van der Waals surface area contributed by atoms with Crippen LogP contribution in [-0.4, -0.2) is 17.0 Å². The van der Waals surface area contributed by atoms with E-state index in [9.17, 15) is 14.7 Å². The number of fused-ring (bicyclic) bond motifs is 1. The number of phenols is 1. The molecule has 0 unspecified atom stereocenters. The zero-order valence-corrected chi connectivity index (χ0v) is 15.7. The number of benzene rings is 3. The first-order chi connectivity index (χ1) is 13.4. The summed E-state index contributed by atoms with van der Waals surface area (Å²) in [5.41, 5.74) is 1.46. The highest BCUT2D eigenvalue weighted by Gasteiger charge is 2.13. The molecule has 0 heterocycles. The van der Waals surface area contributed by atoms with Gasteiger partial charge in [-0.2, -0.15) is 0 Å². The number of rotatable bonds is 5. The molecule has 1 N–H and O–H groups in total. The van der Waals surface area contributed by atoms with Crippen LogP contribution in [0.4, 0.5) is 0 Å². The van der Waals surface area contributed by atoms with Crippen molar-refractivity contribution in [3.8, 4) is 17.2 Å². The van der Waals surface area contributed by atoms with Crippen LogP contribution in [0.25, 0.3) is 10.8 Å². The van der Waals surface area contributed by atoms with Crippen LogP contribution < -0.4 is 9.47 Å². The zero-order valence-electron chi connectivity index (χ0n) is 15.7. The molecule has 5 heteroatoms. The van der Waals surface area contributed by atoms with E-state index in [4.69, 9.17) is 9.47 Å². The van der Waals surface area contributed by atoms with Gasteiger partial charge < -0.3 is 14.6 Å². The molecule has 0 fully saturated rings. The molecule has 28 heavy (non-hydrogen) atoms. The molecule has 3 aromatic rings. The Labute approximate surface area is 162 Å². The first-order valence-electron chi connectivity index (χ1n) is 8.83. The first kappa shape index (κ1) is 19.2. The zero-order chi connectivity index (χ0) is 20.3. The van der Waals surface area contributed by atoms with Crippen LogP contribution in [0.3, 0.4) is 0 Å². The molecule has 0 aliphatic heterocycles. The van der Waals surface area contributed by atoms with Crippen LogP contribution in [0, 0.1) is 0 Å². The smallest absolute Gasteiger partial charge is 0.343 e. The minimum Gasteiger partial charge on any atom is -0.508 e. The molecule has 5 nitrogen and oxygen atoms in total. The van der Waals surface area contributed by atoms with E-state index >= 15 is 0 Å². The maximum Gasteiger partial charge on any atom is 0.343 e. The van der Waals surface area contributed by atoms with Crippen LogP contribution in [-0.2, 0) is 11.2 Å². The second-order valence-corrected chi connectivity index (χ2v) is 6.43. The van der Waals surface area contributed by atoms with Crippen molar-refractivity contribution in [3.05, 3.63) is 77.9 Å². The third-order valence-electron chi connectivity index (χ3n) is 4.23. The Morgan fingerprint density at radius 3 is 2.39 bits per heavy atom. The van der Waals surface area contributed by atoms with Crippen LogP contribution in [0.2, 0.25) is 0 Å². The Balaban J connectivity index is 1.83. The standard InChI is InChI=1S/C23H20O5/c1-4-15-12-19(24)8-10-21(15)28-23(26)18-6-5-17-13-20(9-7-16(17)11-18)27-22(25)14(2)3/h5-13,24H,2,4H2,1,3H3. The monoisotopic (exact) mass is 376 g/mol. The predicted molar refractivity (Wildman–Crippen MR) is 107 cm³/mol. The van der Waals surface area contributed by atoms with Gasteiger partial charge in [0.2, 0.25) is 0 Å². The number of hydrogen-bond donors (Lipinski definition) is 1. The molecule has 0 saturated carbocycles. The van der Waals surface area contributed by atoms with Gasteiger partial charge in [-0.3, -0.25) is 0 Å². The number of aryl methyl sites for hydroxylation is 1. The van der Waals surface area contributed by atoms with Crippen molar-refractivity contribution in [3.63, 3.8) is 0 Å². The van der Waals surface area contributed by atoms with Crippen LogP contribution >= 0.6 is 0 Å². The summed E-state index contributed by atoms with van der Waals surface area (Å²) in [5, 5.41) is 11.2. The summed E-state index contributed by atoms with van der Waals surface area (Å²) in [6, 6.07) is 14.9. The first-order valence-corrected chi connectivity index (χ1v) is 8.83. The Kier molecular flexibility index (Phi) is 5.45. The Morgan fingerprint density at radius 2 is 1.68 bits per heavy atom. The third kappa shape index (κ3) is 4.20. The normalized spacial score (nSPS) is 10.5. The van der Waals surface area contributed by atoms with Gasteiger partial charge in [0.25, 0.3) is 0 Å². The van der Waals surface area contributed by atoms with E-state index in [1.54, 1.807) is 55.5 Å². The molecule has 3 rings (SSSR count). The molecule has 0 aliphatic rings. The topological polar surface area (TPSA) is 72.8 Å². The van der Waals surface area contributed by atoms with Gasteiger partial charge in [-0.25, -0.2) is 9.59 Å². The average Bonchev–Trinajstić information content (AvgIpc) is 2.68. The van der Waals surface area contributed by atoms with Gasteiger partial charge in [-0.1, -0.05) is 25.6 Å². The molecule has 0 saturated heterocycles.